The van der Waals surface area contributed by atoms with Gasteiger partial charge in [0.25, 0.3) is 0 Å². The molecule has 1 saturated heterocycles. The first-order chi connectivity index (χ1) is 6.86. The molecule has 3 nitrogen and oxygen atoms in total. The summed E-state index contributed by atoms with van der Waals surface area (Å²) in [6.07, 6.45) is -1.67. The summed E-state index contributed by atoms with van der Waals surface area (Å²) in [6, 6.07) is -4.12. The lowest BCUT2D eigenvalue weighted by molar-refractivity contribution is -0.140. The number of alkyl halides is 3. The highest BCUT2D eigenvalue weighted by atomic mass is 19.3. The van der Waals surface area contributed by atoms with E-state index in [-0.39, 0.29) is 6.61 Å². The van der Waals surface area contributed by atoms with Crippen LogP contribution in [0.15, 0.2) is 5.10 Å². The van der Waals surface area contributed by atoms with Crippen LogP contribution in [-0.2, 0) is 4.74 Å². The Hall–Kier alpha value is -0.920. The largest absolute Gasteiger partial charge is 0.425 e. The fourth-order valence-electron chi connectivity index (χ4n) is 0.955. The van der Waals surface area contributed by atoms with Gasteiger partial charge in [-0.05, 0) is 6.42 Å². The van der Waals surface area contributed by atoms with Crippen molar-refractivity contribution in [2.75, 3.05) is 6.61 Å². The van der Waals surface area contributed by atoms with Gasteiger partial charge in [0.2, 0.25) is 0 Å². The number of halogens is 5. The molecular formula is C7H9F5N2O. The number of nitrogens with zero attached hydrogens (tertiary/aromatic N) is 2. The van der Waals surface area contributed by atoms with Crippen molar-refractivity contribution in [2.45, 2.75) is 31.8 Å². The standard InChI is InChI=1S/C7H9F5N2O/c1-2-3-4-15-7(12)6(10,11)14(7)13-5(8)9/h2-4H2,1H3. The van der Waals surface area contributed by atoms with Crippen LogP contribution in [0.1, 0.15) is 19.8 Å². The predicted octanol–water partition coefficient (Wildman–Crippen LogP) is 2.54. The van der Waals surface area contributed by atoms with Crippen LogP contribution < -0.4 is 0 Å². The maximum absolute atomic E-state index is 13.1. The minimum Gasteiger partial charge on any atom is -0.322 e. The van der Waals surface area contributed by atoms with Gasteiger partial charge in [0, 0.05) is 0 Å². The Morgan fingerprint density at radius 3 is 2.40 bits per heavy atom. The Bertz CT molecular complexity index is 268. The summed E-state index contributed by atoms with van der Waals surface area (Å²) in [4.78, 5) is 0. The third-order valence-electron chi connectivity index (χ3n) is 1.83. The molecule has 0 saturated carbocycles. The van der Waals surface area contributed by atoms with Crippen LogP contribution >= 0.6 is 0 Å². The maximum atomic E-state index is 13.1. The first-order valence-electron chi connectivity index (χ1n) is 4.27. The number of hydrogen-bond donors (Lipinski definition) is 0. The number of rotatable bonds is 5. The Balaban J connectivity index is 2.58. The highest BCUT2D eigenvalue weighted by molar-refractivity contribution is 5.63. The number of unbranched alkanes of at least 4 members (excludes halogenated alkanes) is 1. The first-order valence-corrected chi connectivity index (χ1v) is 4.27. The molecule has 0 aliphatic carbocycles. The molecule has 1 aliphatic rings. The normalized spacial score (nSPS) is 27.7. The molecule has 1 fully saturated rings. The van der Waals surface area contributed by atoms with Crippen LogP contribution in [-0.4, -0.2) is 29.9 Å². The van der Waals surface area contributed by atoms with Crippen molar-refractivity contribution in [3.05, 3.63) is 0 Å². The van der Waals surface area contributed by atoms with E-state index in [0.29, 0.717) is 12.8 Å². The average molecular weight is 232 g/mol. The van der Waals surface area contributed by atoms with Gasteiger partial charge in [0.15, 0.2) is 0 Å². The lowest BCUT2D eigenvalue weighted by atomic mass is 10.4. The van der Waals surface area contributed by atoms with Gasteiger partial charge >= 0.3 is 18.2 Å². The average Bonchev–Trinajstić information content (AvgIpc) is 2.51. The van der Waals surface area contributed by atoms with Crippen LogP contribution in [0.25, 0.3) is 0 Å². The molecule has 8 heteroatoms. The smallest absolute Gasteiger partial charge is 0.322 e. The second kappa shape index (κ2) is 3.92. The molecule has 1 rings (SSSR count). The van der Waals surface area contributed by atoms with Gasteiger partial charge in [-0.25, -0.2) is 0 Å². The Labute approximate surface area is 82.5 Å². The Morgan fingerprint density at radius 1 is 1.33 bits per heavy atom. The predicted molar refractivity (Wildman–Crippen MR) is 41.1 cm³/mol. The van der Waals surface area contributed by atoms with E-state index in [1.807, 2.05) is 5.10 Å². The zero-order chi connectivity index (χ0) is 11.7. The highest BCUT2D eigenvalue weighted by Gasteiger charge is 2.85. The van der Waals surface area contributed by atoms with Gasteiger partial charge in [-0.1, -0.05) is 13.3 Å². The summed E-state index contributed by atoms with van der Waals surface area (Å²) in [5.41, 5.74) is 0. The molecule has 0 bridgehead atoms. The lowest BCUT2D eigenvalue weighted by Crippen LogP contribution is -2.18. The van der Waals surface area contributed by atoms with Crippen LogP contribution in [0.5, 0.6) is 0 Å². The number of ether oxygens (including phenoxy) is 1. The summed E-state index contributed by atoms with van der Waals surface area (Å²) in [5.74, 6) is -3.52. The lowest BCUT2D eigenvalue weighted by Gasteiger charge is -2.04. The second-order valence-corrected chi connectivity index (χ2v) is 2.96. The summed E-state index contributed by atoms with van der Waals surface area (Å²) in [6.45, 7) is 1.47. The molecule has 0 aromatic carbocycles. The molecular weight excluding hydrogens is 223 g/mol. The van der Waals surface area contributed by atoms with Crippen molar-refractivity contribution in [1.29, 1.82) is 0 Å². The molecule has 15 heavy (non-hydrogen) atoms. The summed E-state index contributed by atoms with van der Waals surface area (Å²) >= 11 is 0. The summed E-state index contributed by atoms with van der Waals surface area (Å²) in [5, 5.41) is 1.35. The second-order valence-electron chi connectivity index (χ2n) is 2.96. The van der Waals surface area contributed by atoms with Gasteiger partial charge < -0.3 is 4.74 Å². The highest BCUT2D eigenvalue weighted by Crippen LogP contribution is 2.56. The van der Waals surface area contributed by atoms with Gasteiger partial charge in [-0.2, -0.15) is 18.2 Å². The van der Waals surface area contributed by atoms with Crippen molar-refractivity contribution < 1.29 is 26.7 Å². The summed E-state index contributed by atoms with van der Waals surface area (Å²) in [7, 11) is 0. The fourth-order valence-corrected chi connectivity index (χ4v) is 0.955. The molecule has 88 valence electrons. The molecule has 0 radical (unpaired) electrons. The van der Waals surface area contributed by atoms with Gasteiger partial charge in [-0.15, -0.1) is 13.9 Å². The zero-order valence-corrected chi connectivity index (χ0v) is 7.81. The van der Waals surface area contributed by atoms with E-state index in [2.05, 4.69) is 4.74 Å². The first kappa shape index (κ1) is 12.2. The SMILES string of the molecule is CCCCOC1(F)N(N=C(F)F)C1(F)F. The van der Waals surface area contributed by atoms with Crippen LogP contribution in [0.2, 0.25) is 0 Å². The van der Waals surface area contributed by atoms with E-state index in [0.717, 1.165) is 0 Å². The Kier molecular flexibility index (Phi) is 3.17. The maximum Gasteiger partial charge on any atom is 0.425 e. The number of hydrogen-bond acceptors (Lipinski definition) is 3. The van der Waals surface area contributed by atoms with Gasteiger partial charge in [0.1, 0.15) is 0 Å². The zero-order valence-electron chi connectivity index (χ0n) is 7.81. The summed E-state index contributed by atoms with van der Waals surface area (Å²) < 4.78 is 65.7. The molecule has 0 aromatic rings. The molecule has 1 heterocycles. The van der Waals surface area contributed by atoms with Crippen molar-refractivity contribution in [1.82, 2.24) is 5.01 Å². The third-order valence-corrected chi connectivity index (χ3v) is 1.83. The quantitative estimate of drug-likeness (QED) is 0.239. The minimum atomic E-state index is -4.12. The van der Waals surface area contributed by atoms with E-state index in [1.54, 1.807) is 6.92 Å². The molecule has 1 aliphatic heterocycles. The topological polar surface area (TPSA) is 24.6 Å². The molecule has 1 atom stereocenters. The van der Waals surface area contributed by atoms with E-state index >= 15 is 0 Å². The molecule has 0 amide bonds. The van der Waals surface area contributed by atoms with Gasteiger partial charge in [-0.3, -0.25) is 0 Å². The van der Waals surface area contributed by atoms with Crippen molar-refractivity contribution in [3.8, 4) is 0 Å². The molecule has 0 spiro atoms. The van der Waals surface area contributed by atoms with E-state index in [9.17, 15) is 22.0 Å². The van der Waals surface area contributed by atoms with Crippen molar-refractivity contribution >= 4 is 6.22 Å². The van der Waals surface area contributed by atoms with Crippen molar-refractivity contribution in [2.24, 2.45) is 5.10 Å². The molecule has 1 unspecified atom stereocenters. The van der Waals surface area contributed by atoms with Crippen LogP contribution in [0.4, 0.5) is 22.0 Å². The van der Waals surface area contributed by atoms with Gasteiger partial charge in [0.05, 0.1) is 6.61 Å². The number of hydrazone groups is 1. The fraction of sp³-hybridized carbons (Fsp3) is 0.857. The monoisotopic (exact) mass is 232 g/mol. The van der Waals surface area contributed by atoms with Crippen molar-refractivity contribution in [3.63, 3.8) is 0 Å². The Morgan fingerprint density at radius 2 is 1.93 bits per heavy atom. The molecule has 0 N–H and O–H groups in total. The van der Waals surface area contributed by atoms with E-state index < -0.39 is 23.3 Å². The van der Waals surface area contributed by atoms with E-state index in [1.165, 1.54) is 0 Å². The van der Waals surface area contributed by atoms with E-state index in [4.69, 9.17) is 0 Å². The molecule has 0 aromatic heterocycles. The minimum absolute atomic E-state index is 0.275. The van der Waals surface area contributed by atoms with Crippen LogP contribution in [0.3, 0.4) is 0 Å². The third kappa shape index (κ3) is 2.04. The van der Waals surface area contributed by atoms with Crippen LogP contribution in [0, 0.1) is 0 Å².